The monoisotopic (exact) mass is 347 g/mol. The van der Waals surface area contributed by atoms with Crippen molar-refractivity contribution in [2.45, 2.75) is 24.5 Å². The summed E-state index contributed by atoms with van der Waals surface area (Å²) in [5, 5.41) is 0. The Hall–Kier alpha value is -1.83. The molecule has 1 aromatic carbocycles. The predicted octanol–water partition coefficient (Wildman–Crippen LogP) is 1.76. The average Bonchev–Trinajstić information content (AvgIpc) is 2.55. The molecule has 0 spiro atoms. The van der Waals surface area contributed by atoms with Gasteiger partial charge < -0.3 is 4.74 Å². The molecule has 1 aromatic heterocycles. The Bertz CT molecular complexity index is 806. The van der Waals surface area contributed by atoms with E-state index in [2.05, 4.69) is 14.9 Å². The van der Waals surface area contributed by atoms with Gasteiger partial charge in [-0.2, -0.15) is 0 Å². The zero-order chi connectivity index (χ0) is 17.2. The third-order valence-corrected chi connectivity index (χ3v) is 5.16. The van der Waals surface area contributed by atoms with E-state index in [0.717, 1.165) is 36.7 Å². The van der Waals surface area contributed by atoms with E-state index in [0.29, 0.717) is 11.5 Å². The van der Waals surface area contributed by atoms with Crippen LogP contribution in [0.2, 0.25) is 0 Å². The summed E-state index contributed by atoms with van der Waals surface area (Å²) >= 11 is 0. The molecule has 2 heterocycles. The Morgan fingerprint density at radius 2 is 2.00 bits per heavy atom. The van der Waals surface area contributed by atoms with Gasteiger partial charge in [-0.25, -0.2) is 18.4 Å². The lowest BCUT2D eigenvalue weighted by Crippen LogP contribution is -2.38. The van der Waals surface area contributed by atoms with Gasteiger partial charge in [-0.05, 0) is 30.7 Å². The lowest BCUT2D eigenvalue weighted by Gasteiger charge is -2.32. The molecular weight excluding hydrogens is 326 g/mol. The number of nitrogens with zero attached hydrogens (tertiary/aromatic N) is 3. The van der Waals surface area contributed by atoms with Crippen LogP contribution in [0.1, 0.15) is 23.2 Å². The quantitative estimate of drug-likeness (QED) is 0.839. The third kappa shape index (κ3) is 4.17. The first-order valence-corrected chi connectivity index (χ1v) is 9.73. The fraction of sp³-hybridized carbons (Fsp3) is 0.412. The lowest BCUT2D eigenvalue weighted by atomic mass is 10.1. The van der Waals surface area contributed by atoms with Gasteiger partial charge in [0.2, 0.25) is 0 Å². The maximum absolute atomic E-state index is 11.5. The van der Waals surface area contributed by atoms with Crippen LogP contribution in [-0.2, 0) is 21.1 Å². The second kappa shape index (κ2) is 6.96. The molecule has 24 heavy (non-hydrogen) atoms. The largest absolute Gasteiger partial charge is 0.369 e. The molecule has 1 aliphatic rings. The molecule has 6 nitrogen and oxygen atoms in total. The molecule has 0 unspecified atom stereocenters. The Morgan fingerprint density at radius 1 is 1.25 bits per heavy atom. The van der Waals surface area contributed by atoms with E-state index in [-0.39, 0.29) is 6.10 Å². The number of benzene rings is 1. The van der Waals surface area contributed by atoms with Crippen LogP contribution >= 0.6 is 0 Å². The number of hydrogen-bond donors (Lipinski definition) is 0. The molecule has 128 valence electrons. The van der Waals surface area contributed by atoms with Gasteiger partial charge in [0.05, 0.1) is 17.2 Å². The highest BCUT2D eigenvalue weighted by Crippen LogP contribution is 2.22. The van der Waals surface area contributed by atoms with Crippen LogP contribution in [-0.4, -0.2) is 49.2 Å². The topological polar surface area (TPSA) is 72.4 Å². The van der Waals surface area contributed by atoms with Gasteiger partial charge in [-0.1, -0.05) is 12.1 Å². The van der Waals surface area contributed by atoms with Crippen LogP contribution in [0.5, 0.6) is 0 Å². The van der Waals surface area contributed by atoms with E-state index in [1.54, 1.807) is 18.3 Å². The van der Waals surface area contributed by atoms with Gasteiger partial charge >= 0.3 is 0 Å². The summed E-state index contributed by atoms with van der Waals surface area (Å²) in [6.07, 6.45) is 2.91. The first-order valence-electron chi connectivity index (χ1n) is 7.84. The highest BCUT2D eigenvalue weighted by molar-refractivity contribution is 7.90. The van der Waals surface area contributed by atoms with Gasteiger partial charge in [0.25, 0.3) is 0 Å². The van der Waals surface area contributed by atoms with Crippen LogP contribution in [0.25, 0.3) is 0 Å². The minimum atomic E-state index is -3.15. The smallest absolute Gasteiger partial charge is 0.175 e. The Kier molecular flexibility index (Phi) is 4.93. The fourth-order valence-corrected chi connectivity index (χ4v) is 3.41. The Balaban J connectivity index is 1.67. The number of ether oxygens (including phenoxy) is 1. The molecule has 3 rings (SSSR count). The second-order valence-corrected chi connectivity index (χ2v) is 8.06. The predicted molar refractivity (Wildman–Crippen MR) is 90.3 cm³/mol. The van der Waals surface area contributed by atoms with E-state index in [1.165, 1.54) is 6.26 Å². The molecule has 0 aliphatic carbocycles. The SMILES string of the molecule is Cc1nccc([C@@H]2CN(Cc3ccc(S(C)(=O)=O)cc3)CCO2)n1. The minimum absolute atomic E-state index is 0.0595. The molecule has 0 bridgehead atoms. The summed E-state index contributed by atoms with van der Waals surface area (Å²) in [6, 6.07) is 8.96. The molecule has 7 heteroatoms. The van der Waals surface area contributed by atoms with Gasteiger partial charge in [-0.15, -0.1) is 0 Å². The van der Waals surface area contributed by atoms with Crippen LogP contribution in [0, 0.1) is 6.92 Å². The number of sulfone groups is 1. The van der Waals surface area contributed by atoms with E-state index in [9.17, 15) is 8.42 Å². The van der Waals surface area contributed by atoms with E-state index < -0.39 is 9.84 Å². The summed E-state index contributed by atoms with van der Waals surface area (Å²) in [4.78, 5) is 11.2. The van der Waals surface area contributed by atoms with Crippen molar-refractivity contribution in [3.05, 3.63) is 53.6 Å². The number of hydrogen-bond acceptors (Lipinski definition) is 6. The van der Waals surface area contributed by atoms with Crippen LogP contribution < -0.4 is 0 Å². The first-order chi connectivity index (χ1) is 11.4. The average molecular weight is 347 g/mol. The fourth-order valence-electron chi connectivity index (χ4n) is 2.78. The Morgan fingerprint density at radius 3 is 2.67 bits per heavy atom. The number of morpholine rings is 1. The standard InChI is InChI=1S/C17H21N3O3S/c1-13-18-8-7-16(19-13)17-12-20(9-10-23-17)11-14-3-5-15(6-4-14)24(2,21)22/h3-8,17H,9-12H2,1-2H3/t17-/m0/s1. The van der Waals surface area contributed by atoms with E-state index in [1.807, 2.05) is 25.1 Å². The maximum atomic E-state index is 11.5. The van der Waals surface area contributed by atoms with Crippen molar-refractivity contribution < 1.29 is 13.2 Å². The van der Waals surface area contributed by atoms with Crippen LogP contribution in [0.4, 0.5) is 0 Å². The van der Waals surface area contributed by atoms with Crippen molar-refractivity contribution in [2.24, 2.45) is 0 Å². The summed E-state index contributed by atoms with van der Waals surface area (Å²) < 4.78 is 28.9. The van der Waals surface area contributed by atoms with Crippen molar-refractivity contribution >= 4 is 9.84 Å². The van der Waals surface area contributed by atoms with Crippen molar-refractivity contribution in [2.75, 3.05) is 26.0 Å². The molecule has 0 amide bonds. The molecule has 1 fully saturated rings. The zero-order valence-electron chi connectivity index (χ0n) is 13.8. The summed E-state index contributed by atoms with van der Waals surface area (Å²) in [7, 11) is -3.15. The molecule has 1 aliphatic heterocycles. The molecule has 2 aromatic rings. The van der Waals surface area contributed by atoms with Crippen molar-refractivity contribution in [1.82, 2.24) is 14.9 Å². The number of aryl methyl sites for hydroxylation is 1. The summed E-state index contributed by atoms with van der Waals surface area (Å²) in [5.74, 6) is 0.740. The van der Waals surface area contributed by atoms with Gasteiger partial charge in [0.15, 0.2) is 9.84 Å². The first kappa shape index (κ1) is 17.0. The normalized spacial score (nSPS) is 19.3. The van der Waals surface area contributed by atoms with Crippen molar-refractivity contribution in [3.8, 4) is 0 Å². The van der Waals surface area contributed by atoms with Gasteiger partial charge in [-0.3, -0.25) is 4.90 Å². The third-order valence-electron chi connectivity index (χ3n) is 4.04. The highest BCUT2D eigenvalue weighted by atomic mass is 32.2. The molecule has 1 saturated heterocycles. The zero-order valence-corrected chi connectivity index (χ0v) is 14.7. The van der Waals surface area contributed by atoms with E-state index >= 15 is 0 Å². The van der Waals surface area contributed by atoms with Crippen molar-refractivity contribution in [3.63, 3.8) is 0 Å². The molecular formula is C17H21N3O3S. The lowest BCUT2D eigenvalue weighted by molar-refractivity contribution is -0.0351. The Labute approximate surface area is 142 Å². The summed E-state index contributed by atoms with van der Waals surface area (Å²) in [5.41, 5.74) is 1.99. The van der Waals surface area contributed by atoms with Crippen molar-refractivity contribution in [1.29, 1.82) is 0 Å². The molecule has 1 atom stereocenters. The molecule has 0 radical (unpaired) electrons. The molecule has 0 saturated carbocycles. The maximum Gasteiger partial charge on any atom is 0.175 e. The van der Waals surface area contributed by atoms with Crippen LogP contribution in [0.3, 0.4) is 0 Å². The number of aromatic nitrogens is 2. The second-order valence-electron chi connectivity index (χ2n) is 6.04. The van der Waals surface area contributed by atoms with Gasteiger partial charge in [0, 0.05) is 32.1 Å². The van der Waals surface area contributed by atoms with Gasteiger partial charge in [0.1, 0.15) is 11.9 Å². The molecule has 0 N–H and O–H groups in total. The minimum Gasteiger partial charge on any atom is -0.369 e. The van der Waals surface area contributed by atoms with Crippen LogP contribution in [0.15, 0.2) is 41.4 Å². The van der Waals surface area contributed by atoms with E-state index in [4.69, 9.17) is 4.74 Å². The highest BCUT2D eigenvalue weighted by Gasteiger charge is 2.23. The number of rotatable bonds is 4. The summed E-state index contributed by atoms with van der Waals surface area (Å²) in [6.45, 7) is 4.87.